The quantitative estimate of drug-likeness (QED) is 0.796. The number of anilines is 1. The fourth-order valence-electron chi connectivity index (χ4n) is 1.97. The van der Waals surface area contributed by atoms with Gasteiger partial charge in [0.15, 0.2) is 5.13 Å². The second kappa shape index (κ2) is 7.78. The van der Waals surface area contributed by atoms with Crippen molar-refractivity contribution in [3.05, 3.63) is 47.0 Å². The van der Waals surface area contributed by atoms with Crippen LogP contribution in [0.4, 0.5) is 5.13 Å². The van der Waals surface area contributed by atoms with Crippen LogP contribution in [-0.4, -0.2) is 24.1 Å². The highest BCUT2D eigenvalue weighted by atomic mass is 32.1. The monoisotopic (exact) mass is 304 g/mol. The van der Waals surface area contributed by atoms with E-state index in [9.17, 15) is 4.79 Å². The maximum Gasteiger partial charge on any atom is 0.311 e. The minimum atomic E-state index is -0.230. The zero-order chi connectivity index (χ0) is 15.1. The van der Waals surface area contributed by atoms with Crippen LogP contribution in [0.1, 0.15) is 31.0 Å². The predicted octanol–water partition coefficient (Wildman–Crippen LogP) is 3.46. The van der Waals surface area contributed by atoms with Gasteiger partial charge in [-0.2, -0.15) is 0 Å². The molecule has 0 fully saturated rings. The Morgan fingerprint density at radius 3 is 2.86 bits per heavy atom. The molecule has 21 heavy (non-hydrogen) atoms. The summed E-state index contributed by atoms with van der Waals surface area (Å²) in [4.78, 5) is 15.8. The van der Waals surface area contributed by atoms with Crippen molar-refractivity contribution in [3.8, 4) is 0 Å². The Kier molecular flexibility index (Phi) is 5.75. The third-order valence-corrected chi connectivity index (χ3v) is 3.96. The smallest absolute Gasteiger partial charge is 0.311 e. The molecule has 0 aliphatic rings. The van der Waals surface area contributed by atoms with Gasteiger partial charge in [-0.25, -0.2) is 4.98 Å². The summed E-state index contributed by atoms with van der Waals surface area (Å²) < 4.78 is 4.92. The number of carbonyl (C=O) groups is 1. The lowest BCUT2D eigenvalue weighted by Gasteiger charge is -2.12. The minimum absolute atomic E-state index is 0.230. The molecule has 1 heterocycles. The number of ether oxygens (including phenoxy) is 1. The molecule has 0 amide bonds. The van der Waals surface area contributed by atoms with E-state index in [0.717, 1.165) is 17.4 Å². The van der Waals surface area contributed by atoms with Crippen molar-refractivity contribution in [1.29, 1.82) is 0 Å². The summed E-state index contributed by atoms with van der Waals surface area (Å²) >= 11 is 1.52. The molecular weight excluding hydrogens is 284 g/mol. The van der Waals surface area contributed by atoms with Crippen LogP contribution in [0.5, 0.6) is 0 Å². The lowest BCUT2D eigenvalue weighted by Crippen LogP contribution is -2.10. The maximum atomic E-state index is 11.4. The summed E-state index contributed by atoms with van der Waals surface area (Å²) in [6, 6.07) is 10.4. The van der Waals surface area contributed by atoms with Crippen molar-refractivity contribution in [2.45, 2.75) is 26.2 Å². The van der Waals surface area contributed by atoms with E-state index >= 15 is 0 Å². The lowest BCUT2D eigenvalue weighted by molar-refractivity contribution is -0.142. The molecule has 1 aromatic carbocycles. The van der Waals surface area contributed by atoms with E-state index in [-0.39, 0.29) is 12.4 Å². The Labute approximate surface area is 129 Å². The molecule has 1 atom stereocenters. The van der Waals surface area contributed by atoms with Crippen LogP contribution in [0.25, 0.3) is 0 Å². The molecule has 4 nitrogen and oxygen atoms in total. The first-order valence-corrected chi connectivity index (χ1v) is 7.96. The van der Waals surface area contributed by atoms with Crippen LogP contribution in [0.2, 0.25) is 0 Å². The molecule has 0 saturated carbocycles. The van der Waals surface area contributed by atoms with Gasteiger partial charge in [0.05, 0.1) is 18.7 Å². The number of rotatable bonds is 7. The highest BCUT2D eigenvalue weighted by molar-refractivity contribution is 7.13. The van der Waals surface area contributed by atoms with Crippen molar-refractivity contribution < 1.29 is 9.53 Å². The van der Waals surface area contributed by atoms with E-state index in [1.165, 1.54) is 16.9 Å². The van der Waals surface area contributed by atoms with Gasteiger partial charge in [-0.15, -0.1) is 11.3 Å². The van der Waals surface area contributed by atoms with E-state index in [2.05, 4.69) is 29.4 Å². The number of aromatic nitrogens is 1. The molecule has 5 heteroatoms. The van der Waals surface area contributed by atoms with Crippen LogP contribution in [-0.2, 0) is 16.0 Å². The average Bonchev–Trinajstić information content (AvgIpc) is 2.93. The van der Waals surface area contributed by atoms with E-state index in [4.69, 9.17) is 4.74 Å². The third-order valence-electron chi connectivity index (χ3n) is 3.11. The van der Waals surface area contributed by atoms with E-state index in [0.29, 0.717) is 12.5 Å². The zero-order valence-electron chi connectivity index (χ0n) is 12.3. The molecule has 0 bridgehead atoms. The number of hydrogen-bond acceptors (Lipinski definition) is 5. The summed E-state index contributed by atoms with van der Waals surface area (Å²) in [5.41, 5.74) is 2.06. The summed E-state index contributed by atoms with van der Waals surface area (Å²) in [5, 5.41) is 6.06. The van der Waals surface area contributed by atoms with Crippen LogP contribution < -0.4 is 5.32 Å². The highest BCUT2D eigenvalue weighted by Crippen LogP contribution is 2.19. The molecule has 0 aliphatic heterocycles. The van der Waals surface area contributed by atoms with Crippen molar-refractivity contribution in [3.63, 3.8) is 0 Å². The molecule has 0 aliphatic carbocycles. The lowest BCUT2D eigenvalue weighted by atomic mass is 10.0. The van der Waals surface area contributed by atoms with Gasteiger partial charge in [-0.1, -0.05) is 37.3 Å². The van der Waals surface area contributed by atoms with Gasteiger partial charge in [-0.05, 0) is 18.4 Å². The molecule has 2 rings (SSSR count). The first kappa shape index (κ1) is 15.5. The fourth-order valence-corrected chi connectivity index (χ4v) is 2.69. The summed E-state index contributed by atoms with van der Waals surface area (Å²) in [6.07, 6.45) is 0.236. The van der Waals surface area contributed by atoms with Gasteiger partial charge in [0.2, 0.25) is 0 Å². The number of carbonyl (C=O) groups excluding carboxylic acids is 1. The Morgan fingerprint density at radius 2 is 2.14 bits per heavy atom. The zero-order valence-corrected chi connectivity index (χ0v) is 13.2. The standard InChI is InChI=1S/C16H20N2O2S/c1-3-20-15(19)9-14-11-21-16(18-14)17-10-12(2)13-7-5-4-6-8-13/h4-8,11-12H,3,9-10H2,1-2H3,(H,17,18). The fraction of sp³-hybridized carbons (Fsp3) is 0.375. The van der Waals surface area contributed by atoms with Crippen LogP contribution >= 0.6 is 11.3 Å². The molecule has 1 aromatic heterocycles. The van der Waals surface area contributed by atoms with Crippen molar-refractivity contribution in [1.82, 2.24) is 4.98 Å². The number of thiazole rings is 1. The van der Waals surface area contributed by atoms with E-state index in [1.807, 2.05) is 23.6 Å². The molecule has 1 unspecified atom stereocenters. The van der Waals surface area contributed by atoms with Gasteiger partial charge in [0, 0.05) is 11.9 Å². The van der Waals surface area contributed by atoms with Gasteiger partial charge in [0.25, 0.3) is 0 Å². The first-order chi connectivity index (χ1) is 10.2. The molecule has 112 valence electrons. The topological polar surface area (TPSA) is 51.2 Å². The Morgan fingerprint density at radius 1 is 1.38 bits per heavy atom. The Hall–Kier alpha value is -1.88. The largest absolute Gasteiger partial charge is 0.466 e. The summed E-state index contributed by atoms with van der Waals surface area (Å²) in [5.74, 6) is 0.176. The SMILES string of the molecule is CCOC(=O)Cc1csc(NCC(C)c2ccccc2)n1. The highest BCUT2D eigenvalue weighted by Gasteiger charge is 2.09. The molecule has 1 N–H and O–H groups in total. The second-order valence-corrected chi connectivity index (χ2v) is 5.68. The van der Waals surface area contributed by atoms with E-state index < -0.39 is 0 Å². The second-order valence-electron chi connectivity index (χ2n) is 4.82. The normalized spacial score (nSPS) is 11.9. The molecule has 0 saturated heterocycles. The van der Waals surface area contributed by atoms with Crippen molar-refractivity contribution in [2.24, 2.45) is 0 Å². The van der Waals surface area contributed by atoms with Gasteiger partial charge >= 0.3 is 5.97 Å². The van der Waals surface area contributed by atoms with Gasteiger partial charge in [-0.3, -0.25) is 4.79 Å². The number of nitrogens with zero attached hydrogens (tertiary/aromatic N) is 1. The molecule has 0 radical (unpaired) electrons. The number of benzene rings is 1. The number of esters is 1. The minimum Gasteiger partial charge on any atom is -0.466 e. The number of hydrogen-bond donors (Lipinski definition) is 1. The summed E-state index contributed by atoms with van der Waals surface area (Å²) in [7, 11) is 0. The molecular formula is C16H20N2O2S. The van der Waals surface area contributed by atoms with Crippen molar-refractivity contribution >= 4 is 22.4 Å². The average molecular weight is 304 g/mol. The van der Waals surface area contributed by atoms with Crippen LogP contribution in [0, 0.1) is 0 Å². The number of nitrogens with one attached hydrogen (secondary N) is 1. The maximum absolute atomic E-state index is 11.4. The van der Waals surface area contributed by atoms with E-state index in [1.54, 1.807) is 6.92 Å². The van der Waals surface area contributed by atoms with Gasteiger partial charge in [0.1, 0.15) is 0 Å². The Balaban J connectivity index is 1.84. The van der Waals surface area contributed by atoms with Crippen LogP contribution in [0.15, 0.2) is 35.7 Å². The van der Waals surface area contributed by atoms with Gasteiger partial charge < -0.3 is 10.1 Å². The molecule has 0 spiro atoms. The van der Waals surface area contributed by atoms with Crippen LogP contribution in [0.3, 0.4) is 0 Å². The first-order valence-electron chi connectivity index (χ1n) is 7.08. The molecule has 2 aromatic rings. The predicted molar refractivity (Wildman–Crippen MR) is 85.8 cm³/mol. The van der Waals surface area contributed by atoms with Crippen molar-refractivity contribution in [2.75, 3.05) is 18.5 Å². The third kappa shape index (κ3) is 4.86. The summed E-state index contributed by atoms with van der Waals surface area (Å²) in [6.45, 7) is 5.20. The Bertz CT molecular complexity index is 569.